The number of fused-ring (bicyclic) bond motifs is 1. The van der Waals surface area contributed by atoms with Crippen LogP contribution in [0.2, 0.25) is 0 Å². The highest BCUT2D eigenvalue weighted by atomic mass is 19.4. The summed E-state index contributed by atoms with van der Waals surface area (Å²) in [5.74, 6) is -2.67. The second-order valence-electron chi connectivity index (χ2n) is 13.2. The lowest BCUT2D eigenvalue weighted by molar-refractivity contribution is -0.192. The highest BCUT2D eigenvalue weighted by molar-refractivity contribution is 6.04. The lowest BCUT2D eigenvalue weighted by Gasteiger charge is -2.47. The van der Waals surface area contributed by atoms with Crippen LogP contribution in [0, 0.1) is 5.41 Å². The number of carbonyl (C=O) groups is 3. The normalized spacial score (nSPS) is 18.4. The van der Waals surface area contributed by atoms with Crippen LogP contribution in [0.1, 0.15) is 71.4 Å². The average Bonchev–Trinajstić information content (AvgIpc) is 3.37. The third-order valence-electron chi connectivity index (χ3n) is 9.44. The lowest BCUT2D eigenvalue weighted by atomic mass is 9.71. The molecule has 0 saturated carbocycles. The van der Waals surface area contributed by atoms with Crippen molar-refractivity contribution in [2.45, 2.75) is 64.3 Å². The van der Waals surface area contributed by atoms with Gasteiger partial charge in [0.2, 0.25) is 0 Å². The van der Waals surface area contributed by atoms with E-state index in [4.69, 9.17) is 14.6 Å². The van der Waals surface area contributed by atoms with Gasteiger partial charge in [-0.15, -0.1) is 0 Å². The van der Waals surface area contributed by atoms with E-state index in [0.717, 1.165) is 70.6 Å². The smallest absolute Gasteiger partial charge is 0.487 e. The third-order valence-corrected chi connectivity index (χ3v) is 9.44. The summed E-state index contributed by atoms with van der Waals surface area (Å²) in [5, 5.41) is 16.8. The number of rotatable bonds is 5. The number of halogens is 3. The van der Waals surface area contributed by atoms with Crippen molar-refractivity contribution >= 4 is 17.8 Å². The van der Waals surface area contributed by atoms with Crippen molar-refractivity contribution in [2.24, 2.45) is 5.41 Å². The van der Waals surface area contributed by atoms with E-state index < -0.39 is 18.1 Å². The van der Waals surface area contributed by atoms with Crippen molar-refractivity contribution in [1.82, 2.24) is 9.80 Å². The van der Waals surface area contributed by atoms with Gasteiger partial charge in [0.25, 0.3) is 5.91 Å². The fraction of sp³-hybridized carbons (Fsp3) is 0.417. The van der Waals surface area contributed by atoms with E-state index in [9.17, 15) is 27.9 Å². The Morgan fingerprint density at radius 2 is 1.32 bits per heavy atom. The Balaban J connectivity index is 0.000000559. The number of carboxylic acid groups (broad SMARTS) is 2. The number of amides is 1. The average molecular weight is 653 g/mol. The minimum Gasteiger partial charge on any atom is -0.487 e. The zero-order chi connectivity index (χ0) is 34.0. The number of piperidine rings is 2. The van der Waals surface area contributed by atoms with Gasteiger partial charge in [-0.3, -0.25) is 9.69 Å². The molecule has 0 radical (unpaired) electrons. The maximum atomic E-state index is 13.7. The molecule has 0 atom stereocenters. The SMILES string of the molecule is CC1(C)Cc2cccc(CN3CCC4(CC3)CCN(C(=O)c3ccccc3-c3ccccc3C(=O)O)CC4)c2O1.O=C(O)C(F)(F)F. The second kappa shape index (κ2) is 13.4. The van der Waals surface area contributed by atoms with Crippen molar-refractivity contribution in [1.29, 1.82) is 0 Å². The van der Waals surface area contributed by atoms with E-state index >= 15 is 0 Å². The number of hydrogen-bond acceptors (Lipinski definition) is 5. The predicted molar refractivity (Wildman–Crippen MR) is 169 cm³/mol. The second-order valence-corrected chi connectivity index (χ2v) is 13.2. The molecule has 3 aliphatic rings. The topological polar surface area (TPSA) is 107 Å². The number of aromatic carboxylic acids is 1. The summed E-state index contributed by atoms with van der Waals surface area (Å²) >= 11 is 0. The van der Waals surface area contributed by atoms with Gasteiger partial charge in [-0.2, -0.15) is 13.2 Å². The molecular formula is C36H39F3N2O6. The van der Waals surface area contributed by atoms with Gasteiger partial charge in [0.15, 0.2) is 0 Å². The van der Waals surface area contributed by atoms with E-state index in [1.807, 2.05) is 35.2 Å². The molecule has 8 nitrogen and oxygen atoms in total. The molecule has 0 unspecified atom stereocenters. The van der Waals surface area contributed by atoms with Crippen LogP contribution in [0.25, 0.3) is 11.1 Å². The van der Waals surface area contributed by atoms with Gasteiger partial charge in [0.1, 0.15) is 11.4 Å². The van der Waals surface area contributed by atoms with Crippen molar-refractivity contribution < 1.29 is 42.5 Å². The molecule has 250 valence electrons. The number of benzene rings is 3. The van der Waals surface area contributed by atoms with Crippen LogP contribution in [-0.2, 0) is 17.8 Å². The summed E-state index contributed by atoms with van der Waals surface area (Å²) in [7, 11) is 0. The van der Waals surface area contributed by atoms with Crippen LogP contribution < -0.4 is 4.74 Å². The molecule has 2 saturated heterocycles. The van der Waals surface area contributed by atoms with Crippen molar-refractivity contribution in [2.75, 3.05) is 26.2 Å². The standard InChI is InChI=1S/C34H38N2O4.C2HF3O2/c1-33(2)22-24-8-7-9-25(30(24)40-33)23-35-18-14-34(15-19-35)16-20-36(21-17-34)31(37)28-12-5-3-10-26(28)27-11-4-6-13-29(27)32(38)39;3-2(4,5)1(6)7/h3-13H,14-23H2,1-2H3,(H,38,39);(H,6,7). The molecule has 0 aliphatic carbocycles. The highest BCUT2D eigenvalue weighted by Gasteiger charge is 2.40. The lowest BCUT2D eigenvalue weighted by Crippen LogP contribution is -2.48. The van der Waals surface area contributed by atoms with Crippen molar-refractivity contribution in [3.05, 3.63) is 89.0 Å². The van der Waals surface area contributed by atoms with Gasteiger partial charge >= 0.3 is 18.1 Å². The maximum absolute atomic E-state index is 13.7. The summed E-state index contributed by atoms with van der Waals surface area (Å²) in [5.41, 5.74) is 4.82. The summed E-state index contributed by atoms with van der Waals surface area (Å²) in [4.78, 5) is 39.0. The Hall–Kier alpha value is -4.38. The third kappa shape index (κ3) is 7.78. The van der Waals surface area contributed by atoms with Gasteiger partial charge in [-0.1, -0.05) is 54.6 Å². The first-order chi connectivity index (χ1) is 22.2. The van der Waals surface area contributed by atoms with Crippen LogP contribution in [0.5, 0.6) is 5.75 Å². The Bertz CT molecular complexity index is 1640. The number of hydrogen-bond donors (Lipinski definition) is 2. The predicted octanol–water partition coefficient (Wildman–Crippen LogP) is 6.92. The van der Waals surface area contributed by atoms with Crippen LogP contribution in [0.4, 0.5) is 13.2 Å². The van der Waals surface area contributed by atoms with E-state index in [1.54, 1.807) is 18.2 Å². The molecule has 3 heterocycles. The molecule has 2 N–H and O–H groups in total. The van der Waals surface area contributed by atoms with Crippen molar-refractivity contribution in [3.8, 4) is 16.9 Å². The fourth-order valence-corrected chi connectivity index (χ4v) is 6.89. The molecule has 6 rings (SSSR count). The first kappa shape index (κ1) is 34.0. The molecule has 1 spiro atoms. The van der Waals surface area contributed by atoms with Gasteiger partial charge in [-0.25, -0.2) is 9.59 Å². The van der Waals surface area contributed by atoms with Crippen LogP contribution in [-0.4, -0.2) is 75.8 Å². The molecule has 3 aromatic carbocycles. The molecule has 3 aliphatic heterocycles. The molecule has 47 heavy (non-hydrogen) atoms. The number of nitrogens with zero attached hydrogens (tertiary/aromatic N) is 2. The van der Waals surface area contributed by atoms with Gasteiger partial charge in [-0.05, 0) is 86.9 Å². The Labute approximate surface area is 271 Å². The van der Waals surface area contributed by atoms with Crippen LogP contribution in [0.3, 0.4) is 0 Å². The number of aliphatic carboxylic acids is 1. The largest absolute Gasteiger partial charge is 0.490 e. The maximum Gasteiger partial charge on any atom is 0.490 e. The molecular weight excluding hydrogens is 613 g/mol. The quantitative estimate of drug-likeness (QED) is 0.308. The number of para-hydroxylation sites is 1. The Morgan fingerprint density at radius 3 is 1.89 bits per heavy atom. The number of likely N-dealkylation sites (tertiary alicyclic amines) is 2. The molecule has 11 heteroatoms. The summed E-state index contributed by atoms with van der Waals surface area (Å²) in [6, 6.07) is 20.9. The van der Waals surface area contributed by atoms with Gasteiger partial charge in [0, 0.05) is 37.2 Å². The molecule has 0 bridgehead atoms. The summed E-state index contributed by atoms with van der Waals surface area (Å²) in [6.45, 7) is 8.85. The molecule has 1 amide bonds. The van der Waals surface area contributed by atoms with Crippen molar-refractivity contribution in [3.63, 3.8) is 0 Å². The first-order valence-electron chi connectivity index (χ1n) is 15.7. The Morgan fingerprint density at radius 1 is 0.787 bits per heavy atom. The fourth-order valence-electron chi connectivity index (χ4n) is 6.89. The summed E-state index contributed by atoms with van der Waals surface area (Å²) < 4.78 is 38.0. The number of ether oxygens (including phenoxy) is 1. The minimum absolute atomic E-state index is 0.0102. The Kier molecular flexibility index (Phi) is 9.68. The van der Waals surface area contributed by atoms with E-state index in [1.165, 1.54) is 11.1 Å². The zero-order valence-electron chi connectivity index (χ0n) is 26.5. The van der Waals surface area contributed by atoms with E-state index in [-0.39, 0.29) is 17.1 Å². The number of carbonyl (C=O) groups excluding carboxylic acids is 1. The monoisotopic (exact) mass is 652 g/mol. The van der Waals surface area contributed by atoms with Crippen LogP contribution >= 0.6 is 0 Å². The van der Waals surface area contributed by atoms with E-state index in [2.05, 4.69) is 36.9 Å². The summed E-state index contributed by atoms with van der Waals surface area (Å²) in [6.07, 6.45) is 0.208. The van der Waals surface area contributed by atoms with E-state index in [0.29, 0.717) is 22.1 Å². The first-order valence-corrected chi connectivity index (χ1v) is 15.7. The highest BCUT2D eigenvalue weighted by Crippen LogP contribution is 2.43. The molecule has 3 aromatic rings. The number of carboxylic acids is 2. The van der Waals surface area contributed by atoms with Gasteiger partial charge in [0.05, 0.1) is 5.56 Å². The number of alkyl halides is 3. The van der Waals surface area contributed by atoms with Crippen LogP contribution in [0.15, 0.2) is 66.7 Å². The minimum atomic E-state index is -5.08. The molecule has 2 fully saturated rings. The zero-order valence-corrected chi connectivity index (χ0v) is 26.5. The van der Waals surface area contributed by atoms with Gasteiger partial charge < -0.3 is 19.8 Å². The molecule has 0 aromatic heterocycles.